The Bertz CT molecular complexity index is 988. The third kappa shape index (κ3) is 3.30. The van der Waals surface area contributed by atoms with Crippen LogP contribution in [0.3, 0.4) is 0 Å². The molecule has 0 amide bonds. The number of aromatic hydroxyl groups is 1. The number of nitrogens with zero attached hydrogens (tertiary/aromatic N) is 2. The van der Waals surface area contributed by atoms with Crippen LogP contribution in [-0.2, 0) is 0 Å². The Morgan fingerprint density at radius 2 is 1.64 bits per heavy atom. The van der Waals surface area contributed by atoms with E-state index in [1.807, 2.05) is 49.4 Å². The Kier molecular flexibility index (Phi) is 5.15. The summed E-state index contributed by atoms with van der Waals surface area (Å²) >= 11 is 4.17. The molecule has 25 heavy (non-hydrogen) atoms. The third-order valence-corrected chi connectivity index (χ3v) is 5.53. The lowest BCUT2D eigenvalue weighted by molar-refractivity contribution is 0.468. The Morgan fingerprint density at radius 1 is 1.04 bits per heavy atom. The van der Waals surface area contributed by atoms with Gasteiger partial charge < -0.3 is 10.8 Å². The van der Waals surface area contributed by atoms with E-state index in [1.165, 1.54) is 0 Å². The van der Waals surface area contributed by atoms with E-state index >= 15 is 0 Å². The first-order valence-corrected chi connectivity index (χ1v) is 9.53. The summed E-state index contributed by atoms with van der Waals surface area (Å²) in [5.41, 5.74) is 10.6. The lowest BCUT2D eigenvalue weighted by atomic mass is 9.90. The second-order valence-corrected chi connectivity index (χ2v) is 7.80. The molecule has 3 rings (SSSR count). The second-order valence-electron chi connectivity index (χ2n) is 5.47. The molecule has 1 heterocycles. The van der Waals surface area contributed by atoms with Crippen molar-refractivity contribution in [1.82, 2.24) is 4.98 Å². The van der Waals surface area contributed by atoms with Gasteiger partial charge in [-0.15, -0.1) is 0 Å². The molecule has 0 spiro atoms. The molecule has 3 N–H and O–H groups in total. The first kappa shape index (κ1) is 17.9. The molecule has 0 fully saturated rings. The van der Waals surface area contributed by atoms with Crippen LogP contribution in [0.4, 0.5) is 5.82 Å². The van der Waals surface area contributed by atoms with Gasteiger partial charge >= 0.3 is 0 Å². The number of phenolic OH excluding ortho intramolecular Hbond substituents is 1. The highest BCUT2D eigenvalue weighted by atomic mass is 127. The van der Waals surface area contributed by atoms with E-state index in [2.05, 4.69) is 56.2 Å². The average molecular weight is 553 g/mol. The monoisotopic (exact) mass is 553 g/mol. The molecule has 4 nitrogen and oxygen atoms in total. The van der Waals surface area contributed by atoms with Gasteiger partial charge in [0.05, 0.1) is 7.14 Å². The molecule has 1 aromatic heterocycles. The van der Waals surface area contributed by atoms with Gasteiger partial charge in [-0.3, -0.25) is 0 Å². The Balaban J connectivity index is 2.45. The number of nitriles is 1. The molecule has 124 valence electrons. The topological polar surface area (TPSA) is 82.9 Å². The zero-order chi connectivity index (χ0) is 18.1. The summed E-state index contributed by atoms with van der Waals surface area (Å²) in [4.78, 5) is 4.37. The molecular formula is C19H13I2N3O. The van der Waals surface area contributed by atoms with Gasteiger partial charge in [0.1, 0.15) is 23.2 Å². The van der Waals surface area contributed by atoms with Crippen LogP contribution in [0.2, 0.25) is 0 Å². The van der Waals surface area contributed by atoms with Crippen LogP contribution >= 0.6 is 45.2 Å². The van der Waals surface area contributed by atoms with Crippen molar-refractivity contribution in [1.29, 1.82) is 5.26 Å². The van der Waals surface area contributed by atoms with Crippen LogP contribution < -0.4 is 5.73 Å². The smallest absolute Gasteiger partial charge is 0.142 e. The summed E-state index contributed by atoms with van der Waals surface area (Å²) in [6, 6.07) is 15.7. The van der Waals surface area contributed by atoms with Crippen molar-refractivity contribution in [3.63, 3.8) is 0 Å². The van der Waals surface area contributed by atoms with E-state index in [1.54, 1.807) is 0 Å². The fraction of sp³-hybridized carbons (Fsp3) is 0.0526. The van der Waals surface area contributed by atoms with Crippen LogP contribution in [-0.4, -0.2) is 10.1 Å². The molecule has 3 aromatic rings. The van der Waals surface area contributed by atoms with Crippen LogP contribution in [0.15, 0.2) is 42.5 Å². The summed E-state index contributed by atoms with van der Waals surface area (Å²) in [5, 5.41) is 19.8. The minimum absolute atomic E-state index is 0.216. The van der Waals surface area contributed by atoms with Crippen molar-refractivity contribution in [2.45, 2.75) is 6.92 Å². The minimum Gasteiger partial charge on any atom is -0.506 e. The maximum atomic E-state index is 10.1. The molecular weight excluding hydrogens is 540 g/mol. The Labute approximate surface area is 173 Å². The van der Waals surface area contributed by atoms with Crippen molar-refractivity contribution < 1.29 is 5.11 Å². The lowest BCUT2D eigenvalue weighted by Crippen LogP contribution is -2.03. The lowest BCUT2D eigenvalue weighted by Gasteiger charge is -2.17. The van der Waals surface area contributed by atoms with Gasteiger partial charge in [0, 0.05) is 16.8 Å². The molecule has 0 atom stereocenters. The van der Waals surface area contributed by atoms with Gasteiger partial charge in [-0.1, -0.05) is 30.3 Å². The fourth-order valence-corrected chi connectivity index (χ4v) is 4.56. The number of rotatable bonds is 2. The van der Waals surface area contributed by atoms with Crippen LogP contribution in [0.5, 0.6) is 5.75 Å². The molecule has 0 bridgehead atoms. The highest BCUT2D eigenvalue weighted by Gasteiger charge is 2.21. The largest absolute Gasteiger partial charge is 0.506 e. The molecule has 0 radical (unpaired) electrons. The van der Waals surface area contributed by atoms with Crippen molar-refractivity contribution in [3.05, 3.63) is 60.9 Å². The quantitative estimate of drug-likeness (QED) is 0.434. The summed E-state index contributed by atoms with van der Waals surface area (Å²) in [5.74, 6) is 0.455. The number of hydrogen-bond donors (Lipinski definition) is 2. The maximum absolute atomic E-state index is 10.1. The number of nitrogen functional groups attached to an aromatic ring is 1. The molecule has 6 heteroatoms. The summed E-state index contributed by atoms with van der Waals surface area (Å²) in [7, 11) is 0. The zero-order valence-electron chi connectivity index (χ0n) is 13.2. The van der Waals surface area contributed by atoms with E-state index in [-0.39, 0.29) is 11.6 Å². The van der Waals surface area contributed by atoms with Crippen molar-refractivity contribution in [3.8, 4) is 34.1 Å². The highest BCUT2D eigenvalue weighted by Crippen LogP contribution is 2.41. The van der Waals surface area contributed by atoms with Crippen LogP contribution in [0.1, 0.15) is 11.3 Å². The molecule has 0 unspecified atom stereocenters. The number of benzene rings is 2. The third-order valence-electron chi connectivity index (χ3n) is 3.89. The molecule has 0 saturated carbocycles. The number of phenols is 1. The summed E-state index contributed by atoms with van der Waals surface area (Å²) in [6.45, 7) is 1.89. The van der Waals surface area contributed by atoms with Gasteiger partial charge in [-0.2, -0.15) is 5.26 Å². The minimum atomic E-state index is 0.216. The summed E-state index contributed by atoms with van der Waals surface area (Å²) < 4.78 is 1.44. The first-order chi connectivity index (χ1) is 11.9. The van der Waals surface area contributed by atoms with Gasteiger partial charge in [-0.25, -0.2) is 4.98 Å². The van der Waals surface area contributed by atoms with Gasteiger partial charge in [0.15, 0.2) is 0 Å². The number of aryl methyl sites for hydroxylation is 1. The molecule has 0 aliphatic heterocycles. The zero-order valence-corrected chi connectivity index (χ0v) is 17.5. The predicted molar refractivity (Wildman–Crippen MR) is 116 cm³/mol. The predicted octanol–water partition coefficient (Wildman–Crippen LogP) is 5.09. The van der Waals surface area contributed by atoms with E-state index in [0.29, 0.717) is 5.56 Å². The van der Waals surface area contributed by atoms with Crippen LogP contribution in [0.25, 0.3) is 22.3 Å². The van der Waals surface area contributed by atoms with E-state index in [4.69, 9.17) is 5.73 Å². The molecule has 0 aliphatic carbocycles. The van der Waals surface area contributed by atoms with Gasteiger partial charge in [0.2, 0.25) is 0 Å². The summed E-state index contributed by atoms with van der Waals surface area (Å²) in [6.07, 6.45) is 0. The normalized spacial score (nSPS) is 10.5. The number of aromatic nitrogens is 1. The SMILES string of the molecule is Cc1nc(N)c(C#N)c(-c2cc(I)c(O)c(I)c2)c1-c1ccccc1. The second kappa shape index (κ2) is 7.17. The van der Waals surface area contributed by atoms with Crippen molar-refractivity contribution in [2.24, 2.45) is 0 Å². The van der Waals surface area contributed by atoms with E-state index in [0.717, 1.165) is 35.1 Å². The van der Waals surface area contributed by atoms with Gasteiger partial charge in [0.25, 0.3) is 0 Å². The number of hydrogen-bond acceptors (Lipinski definition) is 4. The highest BCUT2D eigenvalue weighted by molar-refractivity contribution is 14.1. The average Bonchev–Trinajstić information content (AvgIpc) is 2.59. The molecule has 0 saturated heterocycles. The molecule has 2 aromatic carbocycles. The number of halogens is 2. The van der Waals surface area contributed by atoms with Gasteiger partial charge in [-0.05, 0) is 75.4 Å². The number of pyridine rings is 1. The standard InChI is InChI=1S/C19H13I2N3O/c1-10-16(11-5-3-2-4-6-11)17(13(9-22)19(23)24-10)12-7-14(20)18(25)15(21)8-12/h2-8,25H,1H3,(H2,23,24). The fourth-order valence-electron chi connectivity index (χ4n) is 2.80. The van der Waals surface area contributed by atoms with Crippen molar-refractivity contribution >= 4 is 51.0 Å². The van der Waals surface area contributed by atoms with Crippen molar-refractivity contribution in [2.75, 3.05) is 5.73 Å². The number of nitrogens with two attached hydrogens (primary N) is 1. The maximum Gasteiger partial charge on any atom is 0.142 e. The molecule has 0 aliphatic rings. The van der Waals surface area contributed by atoms with Crippen LogP contribution in [0, 0.1) is 25.4 Å². The Hall–Kier alpha value is -1.86. The number of anilines is 1. The Morgan fingerprint density at radius 3 is 2.20 bits per heavy atom. The van der Waals surface area contributed by atoms with E-state index < -0.39 is 0 Å². The first-order valence-electron chi connectivity index (χ1n) is 7.38. The van der Waals surface area contributed by atoms with E-state index in [9.17, 15) is 10.4 Å².